The second kappa shape index (κ2) is 8.62. The number of hydrogen-bond acceptors (Lipinski definition) is 4. The van der Waals surface area contributed by atoms with Crippen molar-refractivity contribution in [2.45, 2.75) is 6.18 Å². The summed E-state index contributed by atoms with van der Waals surface area (Å²) < 4.78 is 49.5. The Kier molecular flexibility index (Phi) is 6.17. The number of aromatic nitrogens is 1. The van der Waals surface area contributed by atoms with Crippen LogP contribution in [0.4, 0.5) is 18.9 Å². The molecule has 1 aromatic heterocycles. The largest absolute Gasteiger partial charge is 0.497 e. The number of rotatable bonds is 5. The van der Waals surface area contributed by atoms with E-state index in [9.17, 15) is 18.0 Å². The molecule has 0 bridgehead atoms. The molecule has 0 saturated carbocycles. The van der Waals surface area contributed by atoms with E-state index >= 15 is 0 Å². The molecule has 2 aromatic carbocycles. The summed E-state index contributed by atoms with van der Waals surface area (Å²) in [6, 6.07) is 10.9. The molecule has 9 heteroatoms. The van der Waals surface area contributed by atoms with E-state index in [1.165, 1.54) is 32.4 Å². The van der Waals surface area contributed by atoms with E-state index in [0.717, 1.165) is 12.1 Å². The monoisotopic (exact) mass is 436 g/mol. The number of amides is 1. The summed E-state index contributed by atoms with van der Waals surface area (Å²) in [5.41, 5.74) is 0.238. The number of nitrogens with zero attached hydrogens (tertiary/aromatic N) is 1. The van der Waals surface area contributed by atoms with Crippen molar-refractivity contribution in [3.05, 3.63) is 70.9 Å². The first-order valence-electron chi connectivity index (χ1n) is 8.59. The first-order chi connectivity index (χ1) is 14.2. The predicted molar refractivity (Wildman–Crippen MR) is 107 cm³/mol. The summed E-state index contributed by atoms with van der Waals surface area (Å²) in [5.74, 6) is -0.309. The zero-order valence-electron chi connectivity index (χ0n) is 15.9. The molecule has 1 N–H and O–H groups in total. The Morgan fingerprint density at radius 2 is 1.83 bits per heavy atom. The van der Waals surface area contributed by atoms with E-state index in [1.807, 2.05) is 0 Å². The predicted octanol–water partition coefficient (Wildman–Crippen LogP) is 5.69. The molecule has 1 heterocycles. The molecule has 0 spiro atoms. The lowest BCUT2D eigenvalue weighted by atomic mass is 10.1. The maximum atomic E-state index is 13.1. The van der Waals surface area contributed by atoms with Gasteiger partial charge >= 0.3 is 6.18 Å². The van der Waals surface area contributed by atoms with Crippen LogP contribution in [0, 0.1) is 0 Å². The average molecular weight is 437 g/mol. The van der Waals surface area contributed by atoms with E-state index in [4.69, 9.17) is 21.1 Å². The number of nitrogens with one attached hydrogen (secondary N) is 1. The molecule has 0 radical (unpaired) electrons. The molecule has 30 heavy (non-hydrogen) atoms. The number of benzene rings is 2. The highest BCUT2D eigenvalue weighted by Gasteiger charge is 2.31. The third-order valence-electron chi connectivity index (χ3n) is 4.20. The summed E-state index contributed by atoms with van der Waals surface area (Å²) in [5, 5.41) is 2.86. The smallest absolute Gasteiger partial charge is 0.416 e. The van der Waals surface area contributed by atoms with Gasteiger partial charge in [-0.2, -0.15) is 13.2 Å². The number of hydrogen-bond donors (Lipinski definition) is 1. The molecule has 156 valence electrons. The lowest BCUT2D eigenvalue weighted by molar-refractivity contribution is -0.137. The Morgan fingerprint density at radius 3 is 2.47 bits per heavy atom. The number of carbonyl (C=O) groups excluding carboxylic acids is 1. The van der Waals surface area contributed by atoms with Crippen molar-refractivity contribution in [3.63, 3.8) is 0 Å². The van der Waals surface area contributed by atoms with Crippen molar-refractivity contribution in [1.82, 2.24) is 4.98 Å². The van der Waals surface area contributed by atoms with Crippen LogP contribution in [0.25, 0.3) is 11.3 Å². The SMILES string of the molecule is COc1cc(NC(=O)c2ccc(-c3ncccc3Cl)c(OC)c2)cc(C(F)(F)F)c1. The molecule has 0 aliphatic carbocycles. The van der Waals surface area contributed by atoms with Crippen molar-refractivity contribution >= 4 is 23.2 Å². The summed E-state index contributed by atoms with van der Waals surface area (Å²) in [6.07, 6.45) is -3.01. The number of halogens is 4. The van der Waals surface area contributed by atoms with Crippen molar-refractivity contribution in [2.24, 2.45) is 0 Å². The minimum atomic E-state index is -4.58. The van der Waals surface area contributed by atoms with Crippen molar-refractivity contribution in [1.29, 1.82) is 0 Å². The van der Waals surface area contributed by atoms with Crippen molar-refractivity contribution < 1.29 is 27.4 Å². The Labute approximate surface area is 175 Å². The standard InChI is InChI=1S/C21H16ClF3N2O3/c1-29-15-10-13(21(23,24)25)9-14(11-15)27-20(28)12-5-6-16(18(8-12)30-2)19-17(22)4-3-7-26-19/h3-11H,1-2H3,(H,27,28). The second-order valence-electron chi connectivity index (χ2n) is 6.15. The van der Waals surface area contributed by atoms with Crippen LogP contribution in [-0.2, 0) is 6.18 Å². The number of ether oxygens (including phenoxy) is 2. The highest BCUT2D eigenvalue weighted by molar-refractivity contribution is 6.33. The van der Waals surface area contributed by atoms with E-state index in [1.54, 1.807) is 24.4 Å². The topological polar surface area (TPSA) is 60.5 Å². The van der Waals surface area contributed by atoms with E-state index in [2.05, 4.69) is 10.3 Å². The molecule has 0 unspecified atom stereocenters. The van der Waals surface area contributed by atoms with Crippen LogP contribution in [-0.4, -0.2) is 25.1 Å². The van der Waals surface area contributed by atoms with Gasteiger partial charge in [0.15, 0.2) is 0 Å². The Morgan fingerprint density at radius 1 is 1.07 bits per heavy atom. The number of pyridine rings is 1. The van der Waals surface area contributed by atoms with Crippen LogP contribution in [0.1, 0.15) is 15.9 Å². The summed E-state index contributed by atoms with van der Waals surface area (Å²) in [7, 11) is 2.67. The number of methoxy groups -OCH3 is 2. The van der Waals surface area contributed by atoms with Crippen LogP contribution >= 0.6 is 11.6 Å². The van der Waals surface area contributed by atoms with Gasteiger partial charge in [-0.15, -0.1) is 0 Å². The van der Waals surface area contributed by atoms with Gasteiger partial charge in [-0.25, -0.2) is 0 Å². The maximum absolute atomic E-state index is 13.1. The maximum Gasteiger partial charge on any atom is 0.416 e. The van der Waals surface area contributed by atoms with Gasteiger partial charge in [-0.05, 0) is 42.5 Å². The summed E-state index contributed by atoms with van der Waals surface area (Å²) in [6.45, 7) is 0. The third kappa shape index (κ3) is 4.65. The van der Waals surface area contributed by atoms with Crippen LogP contribution in [0.5, 0.6) is 11.5 Å². The van der Waals surface area contributed by atoms with Gasteiger partial charge in [0.25, 0.3) is 5.91 Å². The molecule has 3 rings (SSSR count). The lowest BCUT2D eigenvalue weighted by Gasteiger charge is -2.14. The Balaban J connectivity index is 1.92. The van der Waals surface area contributed by atoms with Crippen LogP contribution in [0.2, 0.25) is 5.02 Å². The molecule has 5 nitrogen and oxygen atoms in total. The Bertz CT molecular complexity index is 1090. The molecule has 1 amide bonds. The van der Waals surface area contributed by atoms with E-state index < -0.39 is 17.6 Å². The Hall–Kier alpha value is -3.26. The van der Waals surface area contributed by atoms with Crippen LogP contribution in [0.15, 0.2) is 54.7 Å². The van der Waals surface area contributed by atoms with E-state index in [0.29, 0.717) is 22.0 Å². The summed E-state index contributed by atoms with van der Waals surface area (Å²) >= 11 is 6.18. The first kappa shape index (κ1) is 21.4. The molecule has 0 fully saturated rings. The minimum absolute atomic E-state index is 0.0298. The fourth-order valence-corrected chi connectivity index (χ4v) is 2.99. The first-order valence-corrected chi connectivity index (χ1v) is 8.97. The van der Waals surface area contributed by atoms with Crippen molar-refractivity contribution in [3.8, 4) is 22.8 Å². The second-order valence-corrected chi connectivity index (χ2v) is 6.56. The van der Waals surface area contributed by atoms with Crippen LogP contribution < -0.4 is 14.8 Å². The van der Waals surface area contributed by atoms with Gasteiger partial charge in [-0.1, -0.05) is 11.6 Å². The molecular formula is C21H16ClF3N2O3. The van der Waals surface area contributed by atoms with E-state index in [-0.39, 0.29) is 17.0 Å². The van der Waals surface area contributed by atoms with Gasteiger partial charge in [0.05, 0.1) is 30.5 Å². The molecular weight excluding hydrogens is 421 g/mol. The fourth-order valence-electron chi connectivity index (χ4n) is 2.77. The van der Waals surface area contributed by atoms with Gasteiger partial charge in [-0.3, -0.25) is 9.78 Å². The highest BCUT2D eigenvalue weighted by Crippen LogP contribution is 2.35. The zero-order chi connectivity index (χ0) is 21.9. The van der Waals surface area contributed by atoms with Gasteiger partial charge in [0.2, 0.25) is 0 Å². The summed E-state index contributed by atoms with van der Waals surface area (Å²) in [4.78, 5) is 16.8. The molecule has 0 aliphatic heterocycles. The number of anilines is 1. The molecule has 0 saturated heterocycles. The lowest BCUT2D eigenvalue weighted by Crippen LogP contribution is -2.14. The minimum Gasteiger partial charge on any atom is -0.497 e. The van der Waals surface area contributed by atoms with Crippen LogP contribution in [0.3, 0.4) is 0 Å². The number of carbonyl (C=O) groups is 1. The zero-order valence-corrected chi connectivity index (χ0v) is 16.6. The normalized spacial score (nSPS) is 11.1. The molecule has 3 aromatic rings. The molecule has 0 aliphatic rings. The quantitative estimate of drug-likeness (QED) is 0.558. The number of alkyl halides is 3. The van der Waals surface area contributed by atoms with Gasteiger partial charge in [0, 0.05) is 29.1 Å². The molecule has 0 atom stereocenters. The van der Waals surface area contributed by atoms with Gasteiger partial charge < -0.3 is 14.8 Å². The van der Waals surface area contributed by atoms with Gasteiger partial charge in [0.1, 0.15) is 11.5 Å². The average Bonchev–Trinajstić information content (AvgIpc) is 2.72. The third-order valence-corrected chi connectivity index (χ3v) is 4.51. The highest BCUT2D eigenvalue weighted by atomic mass is 35.5. The van der Waals surface area contributed by atoms with Crippen molar-refractivity contribution in [2.75, 3.05) is 19.5 Å². The fraction of sp³-hybridized carbons (Fsp3) is 0.143.